The van der Waals surface area contributed by atoms with E-state index in [0.717, 1.165) is 5.56 Å². The number of ether oxygens (including phenoxy) is 1. The summed E-state index contributed by atoms with van der Waals surface area (Å²) in [5.41, 5.74) is 1.04. The predicted octanol–water partition coefficient (Wildman–Crippen LogP) is 0.504. The van der Waals surface area contributed by atoms with Gasteiger partial charge in [-0.15, -0.1) is 0 Å². The van der Waals surface area contributed by atoms with Gasteiger partial charge >= 0.3 is 5.97 Å². The quantitative estimate of drug-likeness (QED) is 0.734. The van der Waals surface area contributed by atoms with E-state index in [1.807, 2.05) is 0 Å². The van der Waals surface area contributed by atoms with E-state index in [9.17, 15) is 9.59 Å². The molecule has 0 unspecified atom stereocenters. The van der Waals surface area contributed by atoms with Crippen LogP contribution in [0, 0.1) is 0 Å². The van der Waals surface area contributed by atoms with Crippen LogP contribution in [0.2, 0.25) is 0 Å². The van der Waals surface area contributed by atoms with Crippen molar-refractivity contribution in [3.8, 4) is 0 Å². The molecule has 0 spiro atoms. The molecule has 1 aromatic rings. The highest BCUT2D eigenvalue weighted by Crippen LogP contribution is 2.02. The molecule has 0 aliphatic rings. The minimum atomic E-state index is -0.486. The van der Waals surface area contributed by atoms with Crippen LogP contribution in [0.15, 0.2) is 18.3 Å². The highest BCUT2D eigenvalue weighted by atomic mass is 16.5. The number of pyridine rings is 1. The molecule has 0 aromatic carbocycles. The normalized spacial score (nSPS) is 9.47. The van der Waals surface area contributed by atoms with Crippen molar-refractivity contribution in [2.24, 2.45) is 0 Å². The van der Waals surface area contributed by atoms with Gasteiger partial charge in [-0.05, 0) is 17.7 Å². The third-order valence-corrected chi connectivity index (χ3v) is 1.76. The fourth-order valence-corrected chi connectivity index (χ4v) is 1.03. The monoisotopic (exact) mass is 208 g/mol. The number of hydrogen-bond donors (Lipinski definition) is 1. The average Bonchev–Trinajstić information content (AvgIpc) is 2.25. The maximum atomic E-state index is 11.1. The van der Waals surface area contributed by atoms with Gasteiger partial charge in [-0.25, -0.2) is 9.78 Å². The molecule has 0 radical (unpaired) electrons. The van der Waals surface area contributed by atoms with Crippen LogP contribution in [0.1, 0.15) is 23.0 Å². The Hall–Kier alpha value is -1.91. The lowest BCUT2D eigenvalue weighted by Gasteiger charge is -2.03. The Morgan fingerprint density at radius 2 is 2.27 bits per heavy atom. The summed E-state index contributed by atoms with van der Waals surface area (Å²) < 4.78 is 4.53. The first-order valence-corrected chi connectivity index (χ1v) is 4.41. The lowest BCUT2D eigenvalue weighted by atomic mass is 10.2. The number of methoxy groups -OCH3 is 1. The van der Waals surface area contributed by atoms with E-state index in [-0.39, 0.29) is 11.6 Å². The molecule has 0 saturated carbocycles. The standard InChI is InChI=1S/C10H12N2O3/c1-7(13)12-6-8-3-4-11-9(5-8)10(14)15-2/h3-5H,6H2,1-2H3,(H,12,13). The zero-order valence-electron chi connectivity index (χ0n) is 8.61. The molecule has 15 heavy (non-hydrogen) atoms. The second-order valence-corrected chi connectivity index (χ2v) is 2.95. The molecule has 0 bridgehead atoms. The zero-order chi connectivity index (χ0) is 11.3. The first-order chi connectivity index (χ1) is 7.13. The van der Waals surface area contributed by atoms with Crippen molar-refractivity contribution >= 4 is 11.9 Å². The second kappa shape index (κ2) is 5.09. The van der Waals surface area contributed by atoms with Crippen LogP contribution in [-0.4, -0.2) is 24.0 Å². The Morgan fingerprint density at radius 3 is 2.87 bits per heavy atom. The summed E-state index contributed by atoms with van der Waals surface area (Å²) >= 11 is 0. The van der Waals surface area contributed by atoms with Crippen molar-refractivity contribution in [2.75, 3.05) is 7.11 Å². The van der Waals surface area contributed by atoms with Gasteiger partial charge in [-0.2, -0.15) is 0 Å². The van der Waals surface area contributed by atoms with E-state index in [2.05, 4.69) is 15.0 Å². The molecule has 0 fully saturated rings. The predicted molar refractivity (Wildman–Crippen MR) is 53.1 cm³/mol. The Kier molecular flexibility index (Phi) is 3.79. The van der Waals surface area contributed by atoms with Gasteiger partial charge in [-0.1, -0.05) is 0 Å². The SMILES string of the molecule is COC(=O)c1cc(CNC(C)=O)ccn1. The van der Waals surface area contributed by atoms with Gasteiger partial charge in [0.1, 0.15) is 5.69 Å². The summed E-state index contributed by atoms with van der Waals surface area (Å²) in [6, 6.07) is 3.31. The molecule has 5 nitrogen and oxygen atoms in total. The van der Waals surface area contributed by atoms with Crippen molar-refractivity contribution in [1.82, 2.24) is 10.3 Å². The zero-order valence-corrected chi connectivity index (χ0v) is 8.61. The number of esters is 1. The first kappa shape index (κ1) is 11.2. The Balaban J connectivity index is 2.74. The molecule has 1 heterocycles. The van der Waals surface area contributed by atoms with Crippen LogP contribution in [0.3, 0.4) is 0 Å². The number of hydrogen-bond acceptors (Lipinski definition) is 4. The number of nitrogens with one attached hydrogen (secondary N) is 1. The number of carbonyl (C=O) groups is 2. The number of amides is 1. The van der Waals surface area contributed by atoms with Crippen LogP contribution in [-0.2, 0) is 16.1 Å². The lowest BCUT2D eigenvalue weighted by molar-refractivity contribution is -0.119. The van der Waals surface area contributed by atoms with E-state index >= 15 is 0 Å². The summed E-state index contributed by atoms with van der Waals surface area (Å²) in [5.74, 6) is -0.605. The molecule has 0 aliphatic carbocycles. The molecule has 1 amide bonds. The first-order valence-electron chi connectivity index (χ1n) is 4.41. The minimum Gasteiger partial charge on any atom is -0.464 e. The van der Waals surface area contributed by atoms with Gasteiger partial charge in [0, 0.05) is 19.7 Å². The van der Waals surface area contributed by atoms with Crippen LogP contribution in [0.5, 0.6) is 0 Å². The van der Waals surface area contributed by atoms with E-state index in [1.165, 1.54) is 20.2 Å². The molecule has 1 rings (SSSR count). The van der Waals surface area contributed by atoms with Crippen molar-refractivity contribution < 1.29 is 14.3 Å². The summed E-state index contributed by atoms with van der Waals surface area (Å²) in [6.07, 6.45) is 1.50. The van der Waals surface area contributed by atoms with Crippen LogP contribution >= 0.6 is 0 Å². The number of carbonyl (C=O) groups excluding carboxylic acids is 2. The van der Waals surface area contributed by atoms with Crippen LogP contribution < -0.4 is 5.32 Å². The molecule has 80 valence electrons. The largest absolute Gasteiger partial charge is 0.464 e. The molecule has 0 atom stereocenters. The number of nitrogens with zero attached hydrogens (tertiary/aromatic N) is 1. The summed E-state index contributed by atoms with van der Waals surface area (Å²) in [6.45, 7) is 1.81. The third-order valence-electron chi connectivity index (χ3n) is 1.76. The lowest BCUT2D eigenvalue weighted by Crippen LogP contribution is -2.19. The van der Waals surface area contributed by atoms with E-state index < -0.39 is 5.97 Å². The molecular formula is C10H12N2O3. The van der Waals surface area contributed by atoms with E-state index in [0.29, 0.717) is 6.54 Å². The van der Waals surface area contributed by atoms with Gasteiger partial charge in [0.05, 0.1) is 7.11 Å². The molecule has 1 N–H and O–H groups in total. The van der Waals surface area contributed by atoms with Crippen LogP contribution in [0.4, 0.5) is 0 Å². The van der Waals surface area contributed by atoms with E-state index in [4.69, 9.17) is 0 Å². The van der Waals surface area contributed by atoms with Gasteiger partial charge < -0.3 is 10.1 Å². The average molecular weight is 208 g/mol. The fourth-order valence-electron chi connectivity index (χ4n) is 1.03. The Morgan fingerprint density at radius 1 is 1.53 bits per heavy atom. The van der Waals surface area contributed by atoms with Crippen LogP contribution in [0.25, 0.3) is 0 Å². The molecule has 1 aromatic heterocycles. The molecule has 0 saturated heterocycles. The maximum absolute atomic E-state index is 11.1. The third kappa shape index (κ3) is 3.38. The Bertz CT molecular complexity index is 377. The number of rotatable bonds is 3. The van der Waals surface area contributed by atoms with Crippen molar-refractivity contribution in [1.29, 1.82) is 0 Å². The fraction of sp³-hybridized carbons (Fsp3) is 0.300. The smallest absolute Gasteiger partial charge is 0.356 e. The van der Waals surface area contributed by atoms with Crippen molar-refractivity contribution in [2.45, 2.75) is 13.5 Å². The number of aromatic nitrogens is 1. The molecular weight excluding hydrogens is 196 g/mol. The highest BCUT2D eigenvalue weighted by Gasteiger charge is 2.07. The highest BCUT2D eigenvalue weighted by molar-refractivity contribution is 5.87. The Labute approximate surface area is 87.5 Å². The maximum Gasteiger partial charge on any atom is 0.356 e. The minimum absolute atomic E-state index is 0.119. The van der Waals surface area contributed by atoms with Crippen molar-refractivity contribution in [3.63, 3.8) is 0 Å². The van der Waals surface area contributed by atoms with Crippen molar-refractivity contribution in [3.05, 3.63) is 29.6 Å². The summed E-state index contributed by atoms with van der Waals surface area (Å²) in [4.78, 5) is 25.7. The summed E-state index contributed by atoms with van der Waals surface area (Å²) in [5, 5.41) is 2.63. The summed E-state index contributed by atoms with van der Waals surface area (Å²) in [7, 11) is 1.30. The molecule has 5 heteroatoms. The van der Waals surface area contributed by atoms with Gasteiger partial charge in [-0.3, -0.25) is 4.79 Å². The molecule has 0 aliphatic heterocycles. The topological polar surface area (TPSA) is 68.3 Å². The van der Waals surface area contributed by atoms with Gasteiger partial charge in [0.2, 0.25) is 5.91 Å². The van der Waals surface area contributed by atoms with Gasteiger partial charge in [0.15, 0.2) is 0 Å². The second-order valence-electron chi connectivity index (χ2n) is 2.95. The van der Waals surface area contributed by atoms with Gasteiger partial charge in [0.25, 0.3) is 0 Å². The van der Waals surface area contributed by atoms with E-state index in [1.54, 1.807) is 12.1 Å².